The molecule has 0 aliphatic carbocycles. The number of rotatable bonds is 4. The SMILES string of the molecule is CC(C)(C)C[C@@H]1N[C@@H](C(=O)OC(=O)C(F)(F)F)[C@H](c2cc(F)cc(Cl)c2)[C@@]1(C#N)c1ccc(Cl)cc1F. The number of esters is 2. The highest BCUT2D eigenvalue weighted by Crippen LogP contribution is 2.52. The Morgan fingerprint density at radius 1 is 1.08 bits per heavy atom. The number of nitriles is 1. The van der Waals surface area contributed by atoms with Crippen LogP contribution in [0.15, 0.2) is 36.4 Å². The molecular formula is C25H21Cl2F5N2O3. The van der Waals surface area contributed by atoms with Crippen LogP contribution in [0.25, 0.3) is 0 Å². The average Bonchev–Trinajstić information content (AvgIpc) is 3.05. The summed E-state index contributed by atoms with van der Waals surface area (Å²) < 4.78 is 72.5. The zero-order valence-corrected chi connectivity index (χ0v) is 21.2. The van der Waals surface area contributed by atoms with Crippen LogP contribution in [0, 0.1) is 28.4 Å². The van der Waals surface area contributed by atoms with Crippen LogP contribution >= 0.6 is 23.2 Å². The van der Waals surface area contributed by atoms with Crippen LogP contribution < -0.4 is 5.32 Å². The maximum Gasteiger partial charge on any atom is 0.491 e. The number of hydrogen-bond acceptors (Lipinski definition) is 5. The molecular weight excluding hydrogens is 542 g/mol. The molecule has 2 aromatic rings. The maximum absolute atomic E-state index is 15.4. The van der Waals surface area contributed by atoms with Crippen LogP contribution in [-0.4, -0.2) is 30.2 Å². The van der Waals surface area contributed by atoms with Crippen LogP contribution in [-0.2, 0) is 19.7 Å². The van der Waals surface area contributed by atoms with Crippen molar-refractivity contribution in [1.29, 1.82) is 5.26 Å². The summed E-state index contributed by atoms with van der Waals surface area (Å²) in [5.41, 5.74) is -2.87. The van der Waals surface area contributed by atoms with E-state index in [-0.39, 0.29) is 27.6 Å². The molecule has 3 rings (SSSR count). The molecule has 12 heteroatoms. The van der Waals surface area contributed by atoms with E-state index in [2.05, 4.69) is 16.1 Å². The summed E-state index contributed by atoms with van der Waals surface area (Å²) in [7, 11) is 0. The summed E-state index contributed by atoms with van der Waals surface area (Å²) in [6.07, 6.45) is -5.37. The van der Waals surface area contributed by atoms with E-state index in [0.717, 1.165) is 18.2 Å². The van der Waals surface area contributed by atoms with Crippen LogP contribution in [0.4, 0.5) is 22.0 Å². The lowest BCUT2D eigenvalue weighted by atomic mass is 9.63. The Morgan fingerprint density at radius 3 is 2.24 bits per heavy atom. The first-order valence-electron chi connectivity index (χ1n) is 10.9. The zero-order valence-electron chi connectivity index (χ0n) is 19.7. The van der Waals surface area contributed by atoms with Gasteiger partial charge in [-0.2, -0.15) is 18.4 Å². The lowest BCUT2D eigenvalue weighted by molar-refractivity contribution is -0.202. The predicted molar refractivity (Wildman–Crippen MR) is 125 cm³/mol. The quantitative estimate of drug-likeness (QED) is 0.271. The highest BCUT2D eigenvalue weighted by Gasteiger charge is 2.61. The molecule has 1 aliphatic heterocycles. The Morgan fingerprint density at radius 2 is 1.73 bits per heavy atom. The van der Waals surface area contributed by atoms with Gasteiger partial charge in [0.1, 0.15) is 23.1 Å². The molecule has 0 saturated carbocycles. The minimum absolute atomic E-state index is 0.00440. The minimum Gasteiger partial charge on any atom is -0.385 e. The number of carbonyl (C=O) groups excluding carboxylic acids is 2. The van der Waals surface area contributed by atoms with Gasteiger partial charge in [-0.3, -0.25) is 5.32 Å². The molecule has 1 saturated heterocycles. The van der Waals surface area contributed by atoms with Gasteiger partial charge in [-0.1, -0.05) is 50.0 Å². The van der Waals surface area contributed by atoms with E-state index in [9.17, 15) is 32.4 Å². The number of halogens is 7. The summed E-state index contributed by atoms with van der Waals surface area (Å²) in [5, 5.41) is 13.3. The standard InChI is InChI=1S/C25H21Cl2F5N2O3/c1-23(2,3)10-18-24(11-33,16-5-4-13(26)9-17(16)29)19(12-6-14(27)8-15(28)7-12)20(34-18)21(35)37-22(36)25(30,31)32/h4-9,18-20,34H,10H2,1-3H3/t18-,19-,20+,24-/m0/s1. The van der Waals surface area contributed by atoms with E-state index in [1.807, 2.05) is 0 Å². The molecule has 1 aliphatic rings. The molecule has 0 unspecified atom stereocenters. The molecule has 1 fully saturated rings. The number of nitrogens with one attached hydrogen (secondary N) is 1. The van der Waals surface area contributed by atoms with Gasteiger partial charge in [0.25, 0.3) is 0 Å². The van der Waals surface area contributed by atoms with E-state index in [1.165, 1.54) is 18.2 Å². The van der Waals surface area contributed by atoms with E-state index in [4.69, 9.17) is 23.2 Å². The van der Waals surface area contributed by atoms with Crippen molar-refractivity contribution < 1.29 is 36.3 Å². The number of benzene rings is 2. The summed E-state index contributed by atoms with van der Waals surface area (Å²) >= 11 is 11.9. The largest absolute Gasteiger partial charge is 0.491 e. The Hall–Kier alpha value is -2.74. The third-order valence-electron chi connectivity index (χ3n) is 6.06. The van der Waals surface area contributed by atoms with Crippen LogP contribution in [0.3, 0.4) is 0 Å². The fourth-order valence-electron chi connectivity index (χ4n) is 4.77. The van der Waals surface area contributed by atoms with Crippen molar-refractivity contribution in [2.24, 2.45) is 5.41 Å². The topological polar surface area (TPSA) is 79.2 Å². The Bertz CT molecular complexity index is 1250. The van der Waals surface area contributed by atoms with Gasteiger partial charge in [0, 0.05) is 27.6 Å². The monoisotopic (exact) mass is 562 g/mol. The van der Waals surface area contributed by atoms with Gasteiger partial charge >= 0.3 is 18.1 Å². The fraction of sp³-hybridized carbons (Fsp3) is 0.400. The van der Waals surface area contributed by atoms with Crippen molar-refractivity contribution in [3.8, 4) is 6.07 Å². The first kappa shape index (κ1) is 28.8. The Kier molecular flexibility index (Phi) is 7.94. The summed E-state index contributed by atoms with van der Waals surface area (Å²) in [5.74, 6) is -7.76. The second-order valence-electron chi connectivity index (χ2n) is 9.95. The molecule has 5 nitrogen and oxygen atoms in total. The van der Waals surface area contributed by atoms with Gasteiger partial charge in [0.15, 0.2) is 0 Å². The molecule has 0 bridgehead atoms. The van der Waals surface area contributed by atoms with Crippen LogP contribution in [0.5, 0.6) is 0 Å². The minimum atomic E-state index is -5.48. The van der Waals surface area contributed by atoms with Crippen LogP contribution in [0.2, 0.25) is 10.0 Å². The van der Waals surface area contributed by atoms with Crippen molar-refractivity contribution in [2.75, 3.05) is 0 Å². The van der Waals surface area contributed by atoms with Crippen molar-refractivity contribution in [1.82, 2.24) is 5.32 Å². The molecule has 0 amide bonds. The lowest BCUT2D eigenvalue weighted by Gasteiger charge is -2.37. The second kappa shape index (κ2) is 10.2. The van der Waals surface area contributed by atoms with Gasteiger partial charge < -0.3 is 4.74 Å². The van der Waals surface area contributed by atoms with Crippen molar-refractivity contribution >= 4 is 35.1 Å². The molecule has 198 valence electrons. The summed E-state index contributed by atoms with van der Waals surface area (Å²) in [6, 6.07) is 5.76. The Labute approximate surface area is 219 Å². The molecule has 2 aromatic carbocycles. The highest BCUT2D eigenvalue weighted by atomic mass is 35.5. The summed E-state index contributed by atoms with van der Waals surface area (Å²) in [4.78, 5) is 24.5. The number of alkyl halides is 3. The molecule has 1 heterocycles. The molecule has 0 radical (unpaired) electrons. The molecule has 0 aromatic heterocycles. The molecule has 0 spiro atoms. The predicted octanol–water partition coefficient (Wildman–Crippen LogP) is 6.23. The van der Waals surface area contributed by atoms with Gasteiger partial charge in [0.05, 0.1) is 6.07 Å². The van der Waals surface area contributed by atoms with E-state index in [1.54, 1.807) is 20.8 Å². The first-order valence-corrected chi connectivity index (χ1v) is 11.7. The third kappa shape index (κ3) is 5.89. The fourth-order valence-corrected chi connectivity index (χ4v) is 5.16. The zero-order chi connectivity index (χ0) is 27.9. The number of ether oxygens (including phenoxy) is 1. The molecule has 4 atom stereocenters. The highest BCUT2D eigenvalue weighted by molar-refractivity contribution is 6.30. The van der Waals surface area contributed by atoms with Crippen molar-refractivity contribution in [2.45, 2.75) is 56.8 Å². The maximum atomic E-state index is 15.4. The summed E-state index contributed by atoms with van der Waals surface area (Å²) in [6.45, 7) is 5.38. The first-order chi connectivity index (χ1) is 17.0. The van der Waals surface area contributed by atoms with E-state index < -0.39 is 58.6 Å². The number of carbonyl (C=O) groups is 2. The smallest absolute Gasteiger partial charge is 0.385 e. The van der Waals surface area contributed by atoms with E-state index >= 15 is 4.39 Å². The van der Waals surface area contributed by atoms with Gasteiger partial charge in [0.2, 0.25) is 0 Å². The molecule has 37 heavy (non-hydrogen) atoms. The average molecular weight is 563 g/mol. The second-order valence-corrected chi connectivity index (χ2v) is 10.8. The lowest BCUT2D eigenvalue weighted by Crippen LogP contribution is -2.44. The van der Waals surface area contributed by atoms with Gasteiger partial charge in [-0.25, -0.2) is 18.4 Å². The molecule has 1 N–H and O–H groups in total. The third-order valence-corrected chi connectivity index (χ3v) is 6.51. The van der Waals surface area contributed by atoms with Gasteiger partial charge in [-0.05, 0) is 47.7 Å². The number of hydrogen-bond donors (Lipinski definition) is 1. The van der Waals surface area contributed by atoms with E-state index in [0.29, 0.717) is 0 Å². The Balaban J connectivity index is 2.32. The number of nitrogens with zero attached hydrogens (tertiary/aromatic N) is 1. The van der Waals surface area contributed by atoms with Crippen molar-refractivity contribution in [3.63, 3.8) is 0 Å². The van der Waals surface area contributed by atoms with Crippen LogP contribution in [0.1, 0.15) is 44.2 Å². The normalized spacial score (nSPS) is 24.0. The van der Waals surface area contributed by atoms with Gasteiger partial charge in [-0.15, -0.1) is 0 Å². The van der Waals surface area contributed by atoms with Crippen molar-refractivity contribution in [3.05, 3.63) is 69.2 Å².